The Balaban J connectivity index is 2.52. The van der Waals surface area contributed by atoms with Crippen LogP contribution in [0.3, 0.4) is 0 Å². The Morgan fingerprint density at radius 2 is 1.88 bits per heavy atom. The van der Waals surface area contributed by atoms with E-state index >= 15 is 0 Å². The van der Waals surface area contributed by atoms with Gasteiger partial charge in [-0.05, 0) is 23.1 Å². The summed E-state index contributed by atoms with van der Waals surface area (Å²) in [4.78, 5) is 0. The van der Waals surface area contributed by atoms with Gasteiger partial charge in [0, 0.05) is 6.20 Å². The summed E-state index contributed by atoms with van der Waals surface area (Å²) >= 11 is 0. The fourth-order valence-corrected chi connectivity index (χ4v) is 1.89. The van der Waals surface area contributed by atoms with Gasteiger partial charge < -0.3 is 5.11 Å². The van der Waals surface area contributed by atoms with Crippen molar-refractivity contribution in [3.63, 3.8) is 0 Å². The minimum Gasteiger partial charge on any atom is -0.390 e. The molecule has 3 heteroatoms. The number of benzene rings is 1. The van der Waals surface area contributed by atoms with Crippen LogP contribution in [0.4, 0.5) is 0 Å². The Morgan fingerprint density at radius 1 is 1.18 bits per heavy atom. The van der Waals surface area contributed by atoms with Crippen LogP contribution >= 0.6 is 0 Å². The Labute approximate surface area is 102 Å². The molecule has 0 atom stereocenters. The molecular weight excluding hydrogens is 212 g/mol. The lowest BCUT2D eigenvalue weighted by molar-refractivity contribution is 0.276. The molecule has 0 fully saturated rings. The molecule has 0 amide bonds. The Bertz CT molecular complexity index is 509. The smallest absolute Gasteiger partial charge is 0.0883 e. The predicted octanol–water partition coefficient (Wildman–Crippen LogP) is 2.66. The van der Waals surface area contributed by atoms with Gasteiger partial charge in [0.1, 0.15) is 0 Å². The number of rotatable bonds is 2. The van der Waals surface area contributed by atoms with Crippen molar-refractivity contribution in [1.29, 1.82) is 0 Å². The molecule has 0 saturated heterocycles. The zero-order valence-corrected chi connectivity index (χ0v) is 10.5. The van der Waals surface area contributed by atoms with Crippen LogP contribution in [0, 0.1) is 0 Å². The van der Waals surface area contributed by atoms with Crippen molar-refractivity contribution in [3.8, 4) is 5.69 Å². The first-order valence-electron chi connectivity index (χ1n) is 5.77. The first-order chi connectivity index (χ1) is 8.02. The fourth-order valence-electron chi connectivity index (χ4n) is 1.89. The molecule has 17 heavy (non-hydrogen) atoms. The van der Waals surface area contributed by atoms with Gasteiger partial charge in [0.25, 0.3) is 0 Å². The molecule has 0 radical (unpaired) electrons. The van der Waals surface area contributed by atoms with Crippen LogP contribution in [0.25, 0.3) is 5.69 Å². The number of nitrogens with zero attached hydrogens (tertiary/aromatic N) is 2. The van der Waals surface area contributed by atoms with Crippen molar-refractivity contribution in [1.82, 2.24) is 9.78 Å². The van der Waals surface area contributed by atoms with Crippen LogP contribution in [0.1, 0.15) is 32.0 Å². The lowest BCUT2D eigenvalue weighted by Gasteiger charge is -2.22. The van der Waals surface area contributed by atoms with Gasteiger partial charge in [0.05, 0.1) is 18.0 Å². The first kappa shape index (κ1) is 11.9. The van der Waals surface area contributed by atoms with E-state index < -0.39 is 0 Å². The maximum Gasteiger partial charge on any atom is 0.0883 e. The zero-order valence-electron chi connectivity index (χ0n) is 10.5. The van der Waals surface area contributed by atoms with Gasteiger partial charge in [-0.2, -0.15) is 5.10 Å². The molecule has 2 rings (SSSR count). The summed E-state index contributed by atoms with van der Waals surface area (Å²) < 4.78 is 1.83. The summed E-state index contributed by atoms with van der Waals surface area (Å²) in [7, 11) is 0. The summed E-state index contributed by atoms with van der Waals surface area (Å²) in [6.07, 6.45) is 1.89. The van der Waals surface area contributed by atoms with Crippen LogP contribution < -0.4 is 0 Å². The highest BCUT2D eigenvalue weighted by Gasteiger charge is 2.18. The molecule has 3 nitrogen and oxygen atoms in total. The van der Waals surface area contributed by atoms with Crippen molar-refractivity contribution < 1.29 is 5.11 Å². The molecule has 0 saturated carbocycles. The molecule has 0 spiro atoms. The summed E-state index contributed by atoms with van der Waals surface area (Å²) in [5.74, 6) is 0. The monoisotopic (exact) mass is 230 g/mol. The zero-order chi connectivity index (χ0) is 12.5. The molecule has 1 aromatic carbocycles. The summed E-state index contributed by atoms with van der Waals surface area (Å²) in [5.41, 5.74) is 3.07. The van der Waals surface area contributed by atoms with Crippen LogP contribution in [-0.2, 0) is 12.0 Å². The third kappa shape index (κ3) is 2.39. The first-order valence-corrected chi connectivity index (χ1v) is 5.77. The van der Waals surface area contributed by atoms with Gasteiger partial charge in [0.2, 0.25) is 0 Å². The minimum atomic E-state index is -0.0231. The minimum absolute atomic E-state index is 0.0231. The molecule has 0 unspecified atom stereocenters. The Kier molecular flexibility index (Phi) is 3.03. The number of aliphatic hydroxyl groups excluding tert-OH is 1. The van der Waals surface area contributed by atoms with Crippen molar-refractivity contribution in [3.05, 3.63) is 47.8 Å². The second-order valence-corrected chi connectivity index (χ2v) is 5.18. The lowest BCUT2D eigenvalue weighted by Crippen LogP contribution is -2.15. The molecule has 2 aromatic rings. The van der Waals surface area contributed by atoms with Gasteiger partial charge >= 0.3 is 0 Å². The molecule has 0 bridgehead atoms. The van der Waals surface area contributed by atoms with E-state index in [1.165, 1.54) is 5.56 Å². The third-order valence-electron chi connectivity index (χ3n) is 2.77. The summed E-state index contributed by atoms with van der Waals surface area (Å²) in [6.45, 7) is 6.53. The molecule has 1 heterocycles. The van der Waals surface area contributed by atoms with Gasteiger partial charge in [0.15, 0.2) is 0 Å². The average Bonchev–Trinajstić information content (AvgIpc) is 2.76. The highest BCUT2D eigenvalue weighted by molar-refractivity contribution is 5.44. The van der Waals surface area contributed by atoms with Crippen molar-refractivity contribution in [2.75, 3.05) is 0 Å². The van der Waals surface area contributed by atoms with Crippen LogP contribution in [0.15, 0.2) is 36.5 Å². The topological polar surface area (TPSA) is 38.0 Å². The van der Waals surface area contributed by atoms with E-state index in [2.05, 4.69) is 38.0 Å². The van der Waals surface area contributed by atoms with Crippen molar-refractivity contribution in [2.24, 2.45) is 0 Å². The summed E-state index contributed by atoms with van der Waals surface area (Å²) in [6, 6.07) is 10.1. The molecule has 90 valence electrons. The molecule has 1 aromatic heterocycles. The van der Waals surface area contributed by atoms with Gasteiger partial charge in [-0.1, -0.05) is 39.0 Å². The predicted molar refractivity (Wildman–Crippen MR) is 68.2 cm³/mol. The number of aromatic nitrogens is 2. The van der Waals surface area contributed by atoms with Crippen molar-refractivity contribution >= 4 is 0 Å². The number of hydrogen-bond acceptors (Lipinski definition) is 2. The molecule has 0 aliphatic carbocycles. The van der Waals surface area contributed by atoms with E-state index in [0.29, 0.717) is 5.69 Å². The van der Waals surface area contributed by atoms with E-state index in [-0.39, 0.29) is 12.0 Å². The molecule has 1 N–H and O–H groups in total. The van der Waals surface area contributed by atoms with E-state index in [0.717, 1.165) is 5.69 Å². The van der Waals surface area contributed by atoms with Crippen LogP contribution in [0.2, 0.25) is 0 Å². The van der Waals surface area contributed by atoms with Gasteiger partial charge in [-0.25, -0.2) is 4.68 Å². The molecule has 0 aliphatic rings. The van der Waals surface area contributed by atoms with E-state index in [4.69, 9.17) is 5.11 Å². The number of para-hydroxylation sites is 1. The molecule has 0 aliphatic heterocycles. The highest BCUT2D eigenvalue weighted by atomic mass is 16.3. The largest absolute Gasteiger partial charge is 0.390 e. The second-order valence-electron chi connectivity index (χ2n) is 5.18. The standard InChI is InChI=1S/C14H18N2O/c1-14(2,3)12-6-4-5-7-13(12)16-9-8-11(10-17)15-16/h4-9,17H,10H2,1-3H3. The average molecular weight is 230 g/mol. The number of aliphatic hydroxyl groups is 1. The maximum absolute atomic E-state index is 9.05. The van der Waals surface area contributed by atoms with Crippen LogP contribution in [0.5, 0.6) is 0 Å². The normalized spacial score (nSPS) is 11.8. The number of hydrogen-bond donors (Lipinski definition) is 1. The maximum atomic E-state index is 9.05. The quantitative estimate of drug-likeness (QED) is 0.861. The second kappa shape index (κ2) is 4.34. The van der Waals surface area contributed by atoms with Crippen LogP contribution in [-0.4, -0.2) is 14.9 Å². The SMILES string of the molecule is CC(C)(C)c1ccccc1-n1ccc(CO)n1. The van der Waals surface area contributed by atoms with Crippen molar-refractivity contribution in [2.45, 2.75) is 32.8 Å². The third-order valence-corrected chi connectivity index (χ3v) is 2.77. The molecular formula is C14H18N2O. The Morgan fingerprint density at radius 3 is 2.47 bits per heavy atom. The lowest BCUT2D eigenvalue weighted by atomic mass is 9.86. The van der Waals surface area contributed by atoms with Gasteiger partial charge in [-0.3, -0.25) is 0 Å². The van der Waals surface area contributed by atoms with E-state index in [1.54, 1.807) is 0 Å². The van der Waals surface area contributed by atoms with E-state index in [1.807, 2.05) is 29.1 Å². The Hall–Kier alpha value is -1.61. The fraction of sp³-hybridized carbons (Fsp3) is 0.357. The van der Waals surface area contributed by atoms with Gasteiger partial charge in [-0.15, -0.1) is 0 Å². The van der Waals surface area contributed by atoms with E-state index in [9.17, 15) is 0 Å². The summed E-state index contributed by atoms with van der Waals surface area (Å²) in [5, 5.41) is 13.4. The highest BCUT2D eigenvalue weighted by Crippen LogP contribution is 2.27.